The predicted molar refractivity (Wildman–Crippen MR) is 266 cm³/mol. The highest BCUT2D eigenvalue weighted by Gasteiger charge is 2.38. The number of fused-ring (bicyclic) bond motifs is 9. The van der Waals surface area contributed by atoms with Crippen LogP contribution in [0, 0.1) is 5.92 Å². The molecule has 0 fully saturated rings. The highest BCUT2D eigenvalue weighted by Crippen LogP contribution is 2.53. The minimum absolute atomic E-state index is 0.0504. The second-order valence-corrected chi connectivity index (χ2v) is 18.9. The van der Waals surface area contributed by atoms with Gasteiger partial charge in [0.1, 0.15) is 0 Å². The predicted octanol–water partition coefficient (Wildman–Crippen LogP) is 16.6. The average molecular weight is 808 g/mol. The molecule has 12 rings (SSSR count). The zero-order valence-corrected chi connectivity index (χ0v) is 36.3. The SMILES string of the molecule is CC1(C)c2ccccc2-c2ccc(-c3ccc(N(c4cccc(-c5cccc6c5C=CC5C=CC=CC65)c4)c4cccc(-c5cccc6c5C(C)(C)c5ccccc5-6)c4)cc3)cc21. The average Bonchev–Trinajstić information content (AvgIpc) is 3.71. The van der Waals surface area contributed by atoms with Gasteiger partial charge in [-0.1, -0.05) is 198 Å². The lowest BCUT2D eigenvalue weighted by Crippen LogP contribution is -2.16. The molecule has 4 aliphatic rings. The molecule has 1 nitrogen and oxygen atoms in total. The van der Waals surface area contributed by atoms with Gasteiger partial charge in [0.05, 0.1) is 0 Å². The van der Waals surface area contributed by atoms with Gasteiger partial charge in [0.2, 0.25) is 0 Å². The maximum atomic E-state index is 2.44. The Labute approximate surface area is 372 Å². The Hall–Kier alpha value is -7.22. The van der Waals surface area contributed by atoms with Gasteiger partial charge in [0.15, 0.2) is 0 Å². The van der Waals surface area contributed by atoms with Crippen molar-refractivity contribution in [2.45, 2.75) is 44.4 Å². The summed E-state index contributed by atoms with van der Waals surface area (Å²) in [7, 11) is 0. The first-order valence-electron chi connectivity index (χ1n) is 22.5. The van der Waals surface area contributed by atoms with E-state index in [9.17, 15) is 0 Å². The third-order valence-electron chi connectivity index (χ3n) is 14.6. The van der Waals surface area contributed by atoms with Gasteiger partial charge in [-0.05, 0) is 131 Å². The third kappa shape index (κ3) is 5.83. The van der Waals surface area contributed by atoms with Gasteiger partial charge < -0.3 is 4.90 Å². The smallest absolute Gasteiger partial charge is 0.0467 e. The van der Waals surface area contributed by atoms with Gasteiger partial charge in [0.25, 0.3) is 0 Å². The Bertz CT molecular complexity index is 3240. The van der Waals surface area contributed by atoms with Crippen LogP contribution >= 0.6 is 0 Å². The fraction of sp³-hybridized carbons (Fsp3) is 0.129. The maximum Gasteiger partial charge on any atom is 0.0467 e. The van der Waals surface area contributed by atoms with Crippen molar-refractivity contribution in [1.82, 2.24) is 0 Å². The molecule has 0 amide bonds. The van der Waals surface area contributed by atoms with Crippen LogP contribution in [0.3, 0.4) is 0 Å². The molecule has 4 aliphatic carbocycles. The molecule has 0 aromatic heterocycles. The second-order valence-electron chi connectivity index (χ2n) is 18.9. The normalized spacial score (nSPS) is 17.6. The molecule has 8 aromatic rings. The fourth-order valence-corrected chi connectivity index (χ4v) is 11.5. The van der Waals surface area contributed by atoms with E-state index in [0.717, 1.165) is 17.1 Å². The summed E-state index contributed by atoms with van der Waals surface area (Å²) in [6.45, 7) is 9.47. The molecule has 8 aromatic carbocycles. The first kappa shape index (κ1) is 37.5. The fourth-order valence-electron chi connectivity index (χ4n) is 11.5. The van der Waals surface area contributed by atoms with E-state index in [1.54, 1.807) is 0 Å². The molecular weight excluding hydrogens is 759 g/mol. The summed E-state index contributed by atoms with van der Waals surface area (Å²) in [5.74, 6) is 0.764. The first-order valence-corrected chi connectivity index (χ1v) is 22.5. The van der Waals surface area contributed by atoms with Crippen molar-refractivity contribution in [2.75, 3.05) is 4.90 Å². The van der Waals surface area contributed by atoms with E-state index in [-0.39, 0.29) is 10.8 Å². The molecule has 2 unspecified atom stereocenters. The minimum Gasteiger partial charge on any atom is -0.310 e. The molecule has 302 valence electrons. The zero-order chi connectivity index (χ0) is 42.5. The van der Waals surface area contributed by atoms with Gasteiger partial charge in [-0.25, -0.2) is 0 Å². The van der Waals surface area contributed by atoms with Crippen LogP contribution in [-0.4, -0.2) is 0 Å². The van der Waals surface area contributed by atoms with E-state index in [1.165, 1.54) is 89.0 Å². The van der Waals surface area contributed by atoms with Gasteiger partial charge in [-0.3, -0.25) is 0 Å². The van der Waals surface area contributed by atoms with Crippen LogP contribution in [-0.2, 0) is 10.8 Å². The summed E-state index contributed by atoms with van der Waals surface area (Å²) in [5.41, 5.74) is 24.3. The summed E-state index contributed by atoms with van der Waals surface area (Å²) < 4.78 is 0. The number of benzene rings is 8. The molecule has 0 saturated carbocycles. The standard InChI is InChI=1S/C62H49N/c1-61(2)57-27-9-7-21-53(57)55-36-32-42(39-59(55)61)40-29-33-45(34-30-40)63(46-18-11-16-43(37-46)49-23-13-25-51-48-20-6-5-15-41(48)31-35-52(49)51)47-19-12-17-44(38-47)50-24-14-26-56-54-22-8-10-28-58(54)62(3,4)60(50)56/h5-39,41,48H,1-4H3. The summed E-state index contributed by atoms with van der Waals surface area (Å²) in [5, 5.41) is 0. The molecule has 2 atom stereocenters. The van der Waals surface area contributed by atoms with Crippen LogP contribution in [0.4, 0.5) is 17.1 Å². The number of nitrogens with zero attached hydrogens (tertiary/aromatic N) is 1. The van der Waals surface area contributed by atoms with E-state index in [1.807, 2.05) is 0 Å². The van der Waals surface area contributed by atoms with E-state index in [4.69, 9.17) is 0 Å². The Morgan fingerprint density at radius 3 is 1.71 bits per heavy atom. The third-order valence-corrected chi connectivity index (χ3v) is 14.6. The van der Waals surface area contributed by atoms with Crippen molar-refractivity contribution >= 4 is 23.1 Å². The first-order chi connectivity index (χ1) is 30.8. The number of anilines is 3. The molecule has 0 saturated heterocycles. The van der Waals surface area contributed by atoms with Crippen molar-refractivity contribution in [3.63, 3.8) is 0 Å². The Morgan fingerprint density at radius 1 is 0.381 bits per heavy atom. The Morgan fingerprint density at radius 2 is 0.952 bits per heavy atom. The van der Waals surface area contributed by atoms with Crippen molar-refractivity contribution < 1.29 is 0 Å². The van der Waals surface area contributed by atoms with Gasteiger partial charge in [-0.2, -0.15) is 0 Å². The van der Waals surface area contributed by atoms with Crippen molar-refractivity contribution in [1.29, 1.82) is 0 Å². The van der Waals surface area contributed by atoms with E-state index in [0.29, 0.717) is 11.8 Å². The molecule has 0 bridgehead atoms. The molecule has 0 spiro atoms. The lowest BCUT2D eigenvalue weighted by molar-refractivity contribution is 0.660. The van der Waals surface area contributed by atoms with Gasteiger partial charge in [0, 0.05) is 39.7 Å². The van der Waals surface area contributed by atoms with Gasteiger partial charge in [-0.15, -0.1) is 0 Å². The summed E-state index contributed by atoms with van der Waals surface area (Å²) >= 11 is 0. The monoisotopic (exact) mass is 807 g/mol. The minimum atomic E-state index is -0.120. The van der Waals surface area contributed by atoms with Crippen molar-refractivity contribution in [3.05, 3.63) is 240 Å². The quantitative estimate of drug-likeness (QED) is 0.162. The Kier molecular flexibility index (Phi) is 8.44. The van der Waals surface area contributed by atoms with Crippen LogP contribution in [0.1, 0.15) is 67.0 Å². The van der Waals surface area contributed by atoms with E-state index >= 15 is 0 Å². The molecular formula is C62H49N. The lowest BCUT2D eigenvalue weighted by atomic mass is 9.75. The van der Waals surface area contributed by atoms with E-state index < -0.39 is 0 Å². The highest BCUT2D eigenvalue weighted by molar-refractivity contribution is 5.91. The summed E-state index contributed by atoms with van der Waals surface area (Å²) in [4.78, 5) is 2.44. The molecule has 0 N–H and O–H groups in total. The number of hydrogen-bond donors (Lipinski definition) is 0. The summed E-state index contributed by atoms with van der Waals surface area (Å²) in [6, 6.07) is 66.1. The van der Waals surface area contributed by atoms with Crippen LogP contribution in [0.15, 0.2) is 206 Å². The molecule has 0 radical (unpaired) electrons. The van der Waals surface area contributed by atoms with Crippen LogP contribution < -0.4 is 4.90 Å². The number of allylic oxidation sites excluding steroid dienone is 5. The Balaban J connectivity index is 0.978. The lowest BCUT2D eigenvalue weighted by Gasteiger charge is -2.29. The zero-order valence-electron chi connectivity index (χ0n) is 36.3. The van der Waals surface area contributed by atoms with Crippen LogP contribution in [0.25, 0.3) is 61.7 Å². The molecule has 1 heteroatoms. The van der Waals surface area contributed by atoms with Gasteiger partial charge >= 0.3 is 0 Å². The van der Waals surface area contributed by atoms with Crippen molar-refractivity contribution in [2.24, 2.45) is 5.92 Å². The number of rotatable bonds is 6. The van der Waals surface area contributed by atoms with E-state index in [2.05, 4.69) is 245 Å². The van der Waals surface area contributed by atoms with Crippen molar-refractivity contribution in [3.8, 4) is 55.6 Å². The number of hydrogen-bond acceptors (Lipinski definition) is 1. The second kappa shape index (κ2) is 14.2. The van der Waals surface area contributed by atoms with Crippen LogP contribution in [0.2, 0.25) is 0 Å². The van der Waals surface area contributed by atoms with Crippen LogP contribution in [0.5, 0.6) is 0 Å². The summed E-state index contributed by atoms with van der Waals surface area (Å²) in [6.07, 6.45) is 13.8. The molecule has 63 heavy (non-hydrogen) atoms. The topological polar surface area (TPSA) is 3.24 Å². The maximum absolute atomic E-state index is 2.44. The molecule has 0 heterocycles. The largest absolute Gasteiger partial charge is 0.310 e. The molecule has 0 aliphatic heterocycles. The highest BCUT2D eigenvalue weighted by atomic mass is 15.1.